The third-order valence-corrected chi connectivity index (χ3v) is 7.78. The molecule has 0 N–H and O–H groups in total. The van der Waals surface area contributed by atoms with E-state index in [0.717, 1.165) is 44.1 Å². The first-order valence-electron chi connectivity index (χ1n) is 15.3. The highest BCUT2D eigenvalue weighted by atomic mass is 19.2. The van der Waals surface area contributed by atoms with Gasteiger partial charge < -0.3 is 14.2 Å². The van der Waals surface area contributed by atoms with E-state index in [9.17, 15) is 8.78 Å². The fourth-order valence-corrected chi connectivity index (χ4v) is 5.26. The molecule has 0 spiro atoms. The smallest absolute Gasteiger partial charge is 0.201 e. The first kappa shape index (κ1) is 31.1. The molecule has 1 heterocycles. The fourth-order valence-electron chi connectivity index (χ4n) is 5.26. The van der Waals surface area contributed by atoms with E-state index in [0.29, 0.717) is 36.5 Å². The summed E-state index contributed by atoms with van der Waals surface area (Å²) in [7, 11) is 0. The zero-order valence-corrected chi connectivity index (χ0v) is 24.4. The Bertz CT molecular complexity index is 1220. The highest BCUT2D eigenvalue weighted by Gasteiger charge is 2.25. The number of benzene rings is 3. The maximum Gasteiger partial charge on any atom is 0.201 e. The van der Waals surface area contributed by atoms with Gasteiger partial charge in [-0.05, 0) is 59.7 Å². The van der Waals surface area contributed by atoms with E-state index in [-0.39, 0.29) is 29.3 Å². The SMILES string of the molecule is CCCCCCCC1OCC(c2ccc(-c3ccc(-c4ccc(OCCCCCC)c(F)c4F)cc3)cc2F)CO1. The molecule has 6 heteroatoms. The lowest BCUT2D eigenvalue weighted by atomic mass is 9.95. The van der Waals surface area contributed by atoms with Crippen LogP contribution in [0.4, 0.5) is 13.2 Å². The van der Waals surface area contributed by atoms with Crippen molar-refractivity contribution in [3.63, 3.8) is 0 Å². The van der Waals surface area contributed by atoms with Crippen LogP contribution < -0.4 is 4.74 Å². The molecule has 0 saturated carbocycles. The second-order valence-corrected chi connectivity index (χ2v) is 11.0. The van der Waals surface area contributed by atoms with Crippen LogP contribution in [0.1, 0.15) is 89.5 Å². The minimum Gasteiger partial charge on any atom is -0.490 e. The molecule has 0 aromatic heterocycles. The van der Waals surface area contributed by atoms with E-state index in [4.69, 9.17) is 14.2 Å². The summed E-state index contributed by atoms with van der Waals surface area (Å²) in [5.41, 5.74) is 2.76. The van der Waals surface area contributed by atoms with Gasteiger partial charge in [-0.3, -0.25) is 0 Å². The molecule has 0 bridgehead atoms. The van der Waals surface area contributed by atoms with Crippen molar-refractivity contribution in [3.05, 3.63) is 77.6 Å². The topological polar surface area (TPSA) is 27.7 Å². The maximum absolute atomic E-state index is 15.2. The van der Waals surface area contributed by atoms with Crippen LogP contribution in [0.3, 0.4) is 0 Å². The van der Waals surface area contributed by atoms with Crippen LogP contribution in [-0.2, 0) is 9.47 Å². The summed E-state index contributed by atoms with van der Waals surface area (Å²) in [5, 5.41) is 0. The highest BCUT2D eigenvalue weighted by Crippen LogP contribution is 2.33. The summed E-state index contributed by atoms with van der Waals surface area (Å²) in [4.78, 5) is 0. The second kappa shape index (κ2) is 16.0. The Morgan fingerprint density at radius 2 is 1.32 bits per heavy atom. The molecule has 0 atom stereocenters. The summed E-state index contributed by atoms with van der Waals surface area (Å²) < 4.78 is 61.9. The van der Waals surface area contributed by atoms with E-state index in [1.807, 2.05) is 6.07 Å². The summed E-state index contributed by atoms with van der Waals surface area (Å²) in [5.74, 6) is -2.44. The van der Waals surface area contributed by atoms with Gasteiger partial charge in [0, 0.05) is 11.5 Å². The van der Waals surface area contributed by atoms with E-state index in [1.54, 1.807) is 30.3 Å². The molecule has 222 valence electrons. The van der Waals surface area contributed by atoms with Gasteiger partial charge in [-0.25, -0.2) is 8.78 Å². The van der Waals surface area contributed by atoms with Gasteiger partial charge in [0.25, 0.3) is 0 Å². The predicted molar refractivity (Wildman–Crippen MR) is 159 cm³/mol. The third kappa shape index (κ3) is 8.59. The molecule has 1 saturated heterocycles. The third-order valence-electron chi connectivity index (χ3n) is 7.78. The normalized spacial score (nSPS) is 17.1. The zero-order valence-electron chi connectivity index (χ0n) is 24.4. The van der Waals surface area contributed by atoms with Gasteiger partial charge in [0.1, 0.15) is 5.82 Å². The molecule has 0 unspecified atom stereocenters. The molecule has 1 aliphatic rings. The molecule has 3 nitrogen and oxygen atoms in total. The van der Waals surface area contributed by atoms with Gasteiger partial charge in [0.05, 0.1) is 19.8 Å². The van der Waals surface area contributed by atoms with Gasteiger partial charge in [-0.1, -0.05) is 95.2 Å². The lowest BCUT2D eigenvalue weighted by Gasteiger charge is -2.30. The monoisotopic (exact) mass is 568 g/mol. The Balaban J connectivity index is 1.34. The van der Waals surface area contributed by atoms with Crippen LogP contribution in [-0.4, -0.2) is 26.1 Å². The molecule has 4 rings (SSSR count). The van der Waals surface area contributed by atoms with Crippen LogP contribution in [0.2, 0.25) is 0 Å². The quantitative estimate of drug-likeness (QED) is 0.171. The van der Waals surface area contributed by atoms with E-state index in [1.165, 1.54) is 43.9 Å². The van der Waals surface area contributed by atoms with Crippen LogP contribution in [0.5, 0.6) is 5.75 Å². The lowest BCUT2D eigenvalue weighted by Crippen LogP contribution is -2.31. The van der Waals surface area contributed by atoms with Crippen molar-refractivity contribution in [2.75, 3.05) is 19.8 Å². The molecular formula is C35H43F3O3. The number of halogens is 3. The van der Waals surface area contributed by atoms with Gasteiger partial charge in [0.2, 0.25) is 5.82 Å². The Kier molecular flexibility index (Phi) is 12.1. The molecule has 0 amide bonds. The Morgan fingerprint density at radius 3 is 2.00 bits per heavy atom. The fraction of sp³-hybridized carbons (Fsp3) is 0.486. The van der Waals surface area contributed by atoms with Crippen LogP contribution in [0.25, 0.3) is 22.3 Å². The van der Waals surface area contributed by atoms with E-state index in [2.05, 4.69) is 13.8 Å². The number of unbranched alkanes of at least 4 members (excludes halogenated alkanes) is 7. The van der Waals surface area contributed by atoms with Crippen molar-refractivity contribution >= 4 is 0 Å². The van der Waals surface area contributed by atoms with Crippen LogP contribution >= 0.6 is 0 Å². The first-order valence-corrected chi connectivity index (χ1v) is 15.3. The standard InChI is InChI=1S/C35H43F3O3/c1-3-5-7-9-10-12-33-40-23-28(24-41-33)29-18-17-27(22-31(29)36)25-13-15-26(16-14-25)30-19-20-32(35(38)34(30)37)39-21-11-8-6-4-2/h13-20,22,28,33H,3-12,21,23-24H2,1-2H3. The summed E-state index contributed by atoms with van der Waals surface area (Å²) in [6.45, 7) is 5.56. The minimum atomic E-state index is -0.978. The second-order valence-electron chi connectivity index (χ2n) is 11.0. The van der Waals surface area contributed by atoms with Gasteiger partial charge in [0.15, 0.2) is 17.9 Å². The highest BCUT2D eigenvalue weighted by molar-refractivity contribution is 5.71. The molecule has 41 heavy (non-hydrogen) atoms. The van der Waals surface area contributed by atoms with Crippen molar-refractivity contribution in [1.82, 2.24) is 0 Å². The summed E-state index contributed by atoms with van der Waals surface area (Å²) >= 11 is 0. The van der Waals surface area contributed by atoms with Crippen molar-refractivity contribution in [1.29, 1.82) is 0 Å². The average Bonchev–Trinajstić information content (AvgIpc) is 2.99. The molecule has 0 radical (unpaired) electrons. The van der Waals surface area contributed by atoms with Crippen molar-refractivity contribution in [3.8, 4) is 28.0 Å². The minimum absolute atomic E-state index is 0.0679. The molecule has 3 aromatic carbocycles. The lowest BCUT2D eigenvalue weighted by molar-refractivity contribution is -0.190. The van der Waals surface area contributed by atoms with E-state index < -0.39 is 11.6 Å². The predicted octanol–water partition coefficient (Wildman–Crippen LogP) is 10.2. The molecule has 3 aromatic rings. The molecule has 1 aliphatic heterocycles. The number of hydrogen-bond donors (Lipinski definition) is 0. The van der Waals surface area contributed by atoms with Crippen molar-refractivity contribution < 1.29 is 27.4 Å². The Labute approximate surface area is 243 Å². The van der Waals surface area contributed by atoms with E-state index >= 15 is 4.39 Å². The Morgan fingerprint density at radius 1 is 0.683 bits per heavy atom. The number of rotatable bonds is 15. The maximum atomic E-state index is 15.2. The van der Waals surface area contributed by atoms with Gasteiger partial charge in [-0.2, -0.15) is 4.39 Å². The Hall–Kier alpha value is -2.83. The molecule has 0 aliphatic carbocycles. The molecule has 1 fully saturated rings. The van der Waals surface area contributed by atoms with Crippen LogP contribution in [0, 0.1) is 17.5 Å². The molecular weight excluding hydrogens is 525 g/mol. The van der Waals surface area contributed by atoms with Crippen LogP contribution in [0.15, 0.2) is 54.6 Å². The largest absolute Gasteiger partial charge is 0.490 e. The summed E-state index contributed by atoms with van der Waals surface area (Å²) in [6.07, 6.45) is 10.7. The number of hydrogen-bond acceptors (Lipinski definition) is 3. The van der Waals surface area contributed by atoms with Gasteiger partial charge >= 0.3 is 0 Å². The van der Waals surface area contributed by atoms with Crippen molar-refractivity contribution in [2.45, 2.75) is 90.3 Å². The summed E-state index contributed by atoms with van der Waals surface area (Å²) in [6, 6.07) is 15.2. The average molecular weight is 569 g/mol. The number of ether oxygens (including phenoxy) is 3. The van der Waals surface area contributed by atoms with Gasteiger partial charge in [-0.15, -0.1) is 0 Å². The van der Waals surface area contributed by atoms with Crippen molar-refractivity contribution in [2.24, 2.45) is 0 Å². The first-order chi connectivity index (χ1) is 20.0. The zero-order chi connectivity index (χ0) is 29.0.